The molecule has 0 aliphatic heterocycles. The van der Waals surface area contributed by atoms with E-state index in [1.807, 2.05) is 37.6 Å². The van der Waals surface area contributed by atoms with Crippen LogP contribution in [-0.2, 0) is 21.5 Å². The number of carbonyl (C=O) groups is 1. The Kier molecular flexibility index (Phi) is 5.69. The van der Waals surface area contributed by atoms with Crippen molar-refractivity contribution in [2.24, 2.45) is 0 Å². The molecule has 1 fully saturated rings. The molecule has 1 aliphatic carbocycles. The lowest BCUT2D eigenvalue weighted by Gasteiger charge is -2.19. The van der Waals surface area contributed by atoms with Gasteiger partial charge in [0, 0.05) is 5.69 Å². The standard InChI is InChI=1S/C25H32N4O3/c1-16(2)20-15-19(27-29(20)14-11-21(30)31-24(4,5)6)22-26-23(28-32-22)25(12-13-25)18-10-8-7-9-17(18)3/h7-10,15-16H,11-14H2,1-6H3. The first-order valence-corrected chi connectivity index (χ1v) is 11.3. The first kappa shape index (κ1) is 22.2. The number of benzene rings is 1. The highest BCUT2D eigenvalue weighted by Crippen LogP contribution is 2.53. The largest absolute Gasteiger partial charge is 0.460 e. The number of nitrogens with zero attached hydrogens (tertiary/aromatic N) is 4. The summed E-state index contributed by atoms with van der Waals surface area (Å²) >= 11 is 0. The third-order valence-corrected chi connectivity index (χ3v) is 5.83. The Labute approximate surface area is 189 Å². The molecule has 0 spiro atoms. The number of carbonyl (C=O) groups excluding carboxylic acids is 1. The molecule has 2 heterocycles. The Bertz CT molecular complexity index is 1120. The molecule has 0 atom stereocenters. The summed E-state index contributed by atoms with van der Waals surface area (Å²) < 4.78 is 12.9. The Balaban J connectivity index is 1.56. The molecule has 4 rings (SSSR count). The van der Waals surface area contributed by atoms with E-state index in [0.717, 1.165) is 24.4 Å². The van der Waals surface area contributed by atoms with E-state index in [2.05, 4.69) is 49.2 Å². The van der Waals surface area contributed by atoms with Crippen molar-refractivity contribution in [3.05, 3.63) is 53.0 Å². The number of aryl methyl sites for hydroxylation is 2. The van der Waals surface area contributed by atoms with Gasteiger partial charge in [0.25, 0.3) is 5.89 Å². The second kappa shape index (κ2) is 8.19. The van der Waals surface area contributed by atoms with Crippen molar-refractivity contribution in [2.75, 3.05) is 0 Å². The predicted octanol–water partition coefficient (Wildman–Crippen LogP) is 5.18. The fraction of sp³-hybridized carbons (Fsp3) is 0.520. The highest BCUT2D eigenvalue weighted by Gasteiger charge is 2.50. The van der Waals surface area contributed by atoms with Crippen molar-refractivity contribution < 1.29 is 14.1 Å². The van der Waals surface area contributed by atoms with Crippen LogP contribution in [0.5, 0.6) is 0 Å². The molecule has 3 aromatic rings. The number of aromatic nitrogens is 4. The van der Waals surface area contributed by atoms with Gasteiger partial charge in [-0.3, -0.25) is 9.48 Å². The van der Waals surface area contributed by atoms with Crippen molar-refractivity contribution in [1.29, 1.82) is 0 Å². The molecule has 7 heteroatoms. The quantitative estimate of drug-likeness (QED) is 0.475. The van der Waals surface area contributed by atoms with Gasteiger partial charge in [0.15, 0.2) is 11.5 Å². The zero-order valence-electron chi connectivity index (χ0n) is 19.8. The minimum atomic E-state index is -0.497. The van der Waals surface area contributed by atoms with Gasteiger partial charge in [-0.2, -0.15) is 10.1 Å². The molecule has 1 saturated carbocycles. The maximum atomic E-state index is 12.2. The third-order valence-electron chi connectivity index (χ3n) is 5.83. The summed E-state index contributed by atoms with van der Waals surface area (Å²) in [6.07, 6.45) is 2.28. The fourth-order valence-corrected chi connectivity index (χ4v) is 4.14. The molecular formula is C25H32N4O3. The summed E-state index contributed by atoms with van der Waals surface area (Å²) in [5, 5.41) is 9.02. The third kappa shape index (κ3) is 4.47. The molecule has 1 aromatic carbocycles. The summed E-state index contributed by atoms with van der Waals surface area (Å²) in [6, 6.07) is 10.4. The van der Waals surface area contributed by atoms with Crippen LogP contribution in [0.15, 0.2) is 34.9 Å². The normalized spacial score (nSPS) is 15.2. The van der Waals surface area contributed by atoms with E-state index in [0.29, 0.717) is 18.1 Å². The second-order valence-electron chi connectivity index (χ2n) is 9.99. The van der Waals surface area contributed by atoms with E-state index in [1.165, 1.54) is 11.1 Å². The van der Waals surface area contributed by atoms with Crippen LogP contribution in [0.3, 0.4) is 0 Å². The van der Waals surface area contributed by atoms with E-state index in [9.17, 15) is 4.79 Å². The number of hydrogen-bond donors (Lipinski definition) is 0. The molecular weight excluding hydrogens is 404 g/mol. The highest BCUT2D eigenvalue weighted by atomic mass is 16.6. The topological polar surface area (TPSA) is 83.0 Å². The van der Waals surface area contributed by atoms with Gasteiger partial charge in [0.1, 0.15) is 5.60 Å². The van der Waals surface area contributed by atoms with Gasteiger partial charge in [-0.05, 0) is 63.6 Å². The Morgan fingerprint density at radius 2 is 1.97 bits per heavy atom. The van der Waals surface area contributed by atoms with Gasteiger partial charge in [-0.15, -0.1) is 0 Å². The molecule has 0 bridgehead atoms. The summed E-state index contributed by atoms with van der Waals surface area (Å²) in [4.78, 5) is 16.9. The van der Waals surface area contributed by atoms with Crippen LogP contribution in [0.25, 0.3) is 11.6 Å². The van der Waals surface area contributed by atoms with E-state index in [4.69, 9.17) is 14.2 Å². The Hall–Kier alpha value is -2.96. The average molecular weight is 437 g/mol. The molecule has 170 valence electrons. The zero-order valence-corrected chi connectivity index (χ0v) is 19.8. The lowest BCUT2D eigenvalue weighted by Crippen LogP contribution is -2.24. The minimum Gasteiger partial charge on any atom is -0.460 e. The van der Waals surface area contributed by atoms with Gasteiger partial charge in [-0.1, -0.05) is 43.3 Å². The van der Waals surface area contributed by atoms with Crippen molar-refractivity contribution in [1.82, 2.24) is 19.9 Å². The Morgan fingerprint density at radius 3 is 2.59 bits per heavy atom. The van der Waals surface area contributed by atoms with Crippen LogP contribution >= 0.6 is 0 Å². The fourth-order valence-electron chi connectivity index (χ4n) is 4.14. The lowest BCUT2D eigenvalue weighted by atomic mass is 9.91. The van der Waals surface area contributed by atoms with Crippen LogP contribution in [0.1, 0.15) is 82.4 Å². The number of hydrogen-bond acceptors (Lipinski definition) is 6. The molecule has 0 saturated heterocycles. The number of rotatable bonds is 7. The maximum Gasteiger partial charge on any atom is 0.308 e. The maximum absolute atomic E-state index is 12.2. The van der Waals surface area contributed by atoms with Gasteiger partial charge in [0.05, 0.1) is 18.4 Å². The first-order valence-electron chi connectivity index (χ1n) is 11.3. The molecule has 2 aromatic heterocycles. The number of ether oxygens (including phenoxy) is 1. The molecule has 0 amide bonds. The SMILES string of the molecule is Cc1ccccc1C1(c2noc(-c3cc(C(C)C)n(CCC(=O)OC(C)(C)C)n3)n2)CC1. The summed E-state index contributed by atoms with van der Waals surface area (Å²) in [5.74, 6) is 1.13. The zero-order chi connectivity index (χ0) is 23.1. The molecule has 0 unspecified atom stereocenters. The first-order chi connectivity index (χ1) is 15.1. The van der Waals surface area contributed by atoms with Gasteiger partial charge < -0.3 is 9.26 Å². The second-order valence-corrected chi connectivity index (χ2v) is 9.99. The van der Waals surface area contributed by atoms with Crippen LogP contribution in [0, 0.1) is 6.92 Å². The Morgan fingerprint density at radius 1 is 1.25 bits per heavy atom. The van der Waals surface area contributed by atoms with Crippen LogP contribution < -0.4 is 0 Å². The van der Waals surface area contributed by atoms with E-state index in [-0.39, 0.29) is 23.7 Å². The van der Waals surface area contributed by atoms with Crippen molar-refractivity contribution in [3.63, 3.8) is 0 Å². The molecule has 7 nitrogen and oxygen atoms in total. The average Bonchev–Trinajstić information content (AvgIpc) is 3.16. The smallest absolute Gasteiger partial charge is 0.308 e. The lowest BCUT2D eigenvalue weighted by molar-refractivity contribution is -0.155. The van der Waals surface area contributed by atoms with E-state index in [1.54, 1.807) is 0 Å². The number of esters is 1. The van der Waals surface area contributed by atoms with Crippen molar-refractivity contribution >= 4 is 5.97 Å². The van der Waals surface area contributed by atoms with Gasteiger partial charge in [-0.25, -0.2) is 0 Å². The van der Waals surface area contributed by atoms with E-state index < -0.39 is 5.60 Å². The summed E-state index contributed by atoms with van der Waals surface area (Å²) in [6.45, 7) is 12.4. The molecule has 32 heavy (non-hydrogen) atoms. The summed E-state index contributed by atoms with van der Waals surface area (Å²) in [5.41, 5.74) is 3.50. The van der Waals surface area contributed by atoms with Crippen LogP contribution in [0.4, 0.5) is 0 Å². The van der Waals surface area contributed by atoms with Crippen molar-refractivity contribution in [3.8, 4) is 11.6 Å². The van der Waals surface area contributed by atoms with Crippen LogP contribution in [0.2, 0.25) is 0 Å². The minimum absolute atomic E-state index is 0.159. The van der Waals surface area contributed by atoms with Crippen LogP contribution in [-0.4, -0.2) is 31.5 Å². The predicted molar refractivity (Wildman–Crippen MR) is 121 cm³/mol. The highest BCUT2D eigenvalue weighted by molar-refractivity contribution is 5.69. The van der Waals surface area contributed by atoms with Gasteiger partial charge in [0.2, 0.25) is 0 Å². The van der Waals surface area contributed by atoms with Gasteiger partial charge >= 0.3 is 5.97 Å². The van der Waals surface area contributed by atoms with E-state index >= 15 is 0 Å². The monoisotopic (exact) mass is 436 g/mol. The van der Waals surface area contributed by atoms with Crippen molar-refractivity contribution in [2.45, 2.75) is 84.3 Å². The molecule has 0 N–H and O–H groups in total. The molecule has 1 aliphatic rings. The molecule has 0 radical (unpaired) electrons. The summed E-state index contributed by atoms with van der Waals surface area (Å²) in [7, 11) is 0.